The van der Waals surface area contributed by atoms with E-state index >= 15 is 0 Å². The number of ether oxygens (including phenoxy) is 1. The van der Waals surface area contributed by atoms with Gasteiger partial charge in [-0.05, 0) is 42.0 Å². The van der Waals surface area contributed by atoms with Crippen molar-refractivity contribution in [1.29, 1.82) is 0 Å². The van der Waals surface area contributed by atoms with Gasteiger partial charge in [0.05, 0.1) is 6.61 Å². The summed E-state index contributed by atoms with van der Waals surface area (Å²) < 4.78 is 5.79. The van der Waals surface area contributed by atoms with E-state index < -0.39 is 0 Å². The van der Waals surface area contributed by atoms with Crippen molar-refractivity contribution in [2.45, 2.75) is 25.8 Å². The molecular weight excluding hydrogens is 340 g/mol. The van der Waals surface area contributed by atoms with Gasteiger partial charge in [0.15, 0.2) is 0 Å². The Hall–Kier alpha value is -2.82. The number of benzene rings is 2. The third kappa shape index (κ3) is 3.97. The van der Waals surface area contributed by atoms with Crippen LogP contribution >= 0.6 is 0 Å². The molecule has 2 aromatic rings. The molecule has 2 heterocycles. The van der Waals surface area contributed by atoms with Crippen LogP contribution in [0.15, 0.2) is 48.5 Å². The molecule has 5 nitrogen and oxygen atoms in total. The van der Waals surface area contributed by atoms with Gasteiger partial charge in [-0.3, -0.25) is 9.59 Å². The van der Waals surface area contributed by atoms with E-state index in [1.807, 2.05) is 42.5 Å². The third-order valence-corrected chi connectivity index (χ3v) is 5.36. The first kappa shape index (κ1) is 17.6. The summed E-state index contributed by atoms with van der Waals surface area (Å²) in [4.78, 5) is 26.4. The molecule has 4 rings (SSSR count). The average Bonchev–Trinajstić information content (AvgIpc) is 2.87. The molecule has 0 saturated heterocycles. The van der Waals surface area contributed by atoms with Crippen LogP contribution in [-0.2, 0) is 17.8 Å². The van der Waals surface area contributed by atoms with Gasteiger partial charge in [-0.15, -0.1) is 0 Å². The molecule has 1 N–H and O–H groups in total. The molecule has 0 fully saturated rings. The van der Waals surface area contributed by atoms with Gasteiger partial charge in [-0.25, -0.2) is 0 Å². The second-order valence-corrected chi connectivity index (χ2v) is 7.25. The standard InChI is InChI=1S/C22H24N2O3/c25-21(9-11-24-15-18-6-1-3-7-19(18)22(24)26)23-14-16-10-12-27-20-8-4-2-5-17(20)13-16/h1-8,16H,9-15H2,(H,23,25)/t16-/m1/s1. The molecule has 2 aliphatic rings. The Morgan fingerprint density at radius 2 is 1.89 bits per heavy atom. The zero-order valence-electron chi connectivity index (χ0n) is 15.3. The first-order valence-electron chi connectivity index (χ1n) is 9.55. The summed E-state index contributed by atoms with van der Waals surface area (Å²) in [6.45, 7) is 2.37. The van der Waals surface area contributed by atoms with Crippen LogP contribution in [0, 0.1) is 5.92 Å². The molecule has 2 aromatic carbocycles. The second kappa shape index (κ2) is 7.82. The highest BCUT2D eigenvalue weighted by Crippen LogP contribution is 2.26. The van der Waals surface area contributed by atoms with Gasteiger partial charge < -0.3 is 15.0 Å². The Morgan fingerprint density at radius 3 is 2.74 bits per heavy atom. The molecular formula is C22H24N2O3. The van der Waals surface area contributed by atoms with E-state index in [4.69, 9.17) is 4.74 Å². The van der Waals surface area contributed by atoms with Gasteiger partial charge in [0.25, 0.3) is 5.91 Å². The van der Waals surface area contributed by atoms with Crippen LogP contribution in [-0.4, -0.2) is 36.4 Å². The number of nitrogens with one attached hydrogen (secondary N) is 1. The van der Waals surface area contributed by atoms with Gasteiger partial charge in [0, 0.05) is 31.6 Å². The van der Waals surface area contributed by atoms with E-state index in [1.165, 1.54) is 5.56 Å². The molecule has 0 bridgehead atoms. The summed E-state index contributed by atoms with van der Waals surface area (Å²) >= 11 is 0. The number of nitrogens with zero attached hydrogens (tertiary/aromatic N) is 1. The lowest BCUT2D eigenvalue weighted by Crippen LogP contribution is -2.34. The summed E-state index contributed by atoms with van der Waals surface area (Å²) in [7, 11) is 0. The van der Waals surface area contributed by atoms with Crippen LogP contribution in [0.5, 0.6) is 5.75 Å². The van der Waals surface area contributed by atoms with Crippen molar-refractivity contribution in [3.8, 4) is 5.75 Å². The Kier molecular flexibility index (Phi) is 5.10. The van der Waals surface area contributed by atoms with E-state index in [-0.39, 0.29) is 11.8 Å². The first-order chi connectivity index (χ1) is 13.2. The second-order valence-electron chi connectivity index (χ2n) is 7.25. The van der Waals surface area contributed by atoms with Crippen molar-refractivity contribution in [1.82, 2.24) is 10.2 Å². The molecule has 0 spiro atoms. The molecule has 0 saturated carbocycles. The van der Waals surface area contributed by atoms with Gasteiger partial charge in [-0.1, -0.05) is 36.4 Å². The minimum atomic E-state index is -0.00259. The number of para-hydroxylation sites is 1. The minimum Gasteiger partial charge on any atom is -0.493 e. The number of fused-ring (bicyclic) bond motifs is 2. The van der Waals surface area contributed by atoms with Crippen LogP contribution in [0.3, 0.4) is 0 Å². The maximum absolute atomic E-state index is 12.3. The smallest absolute Gasteiger partial charge is 0.254 e. The lowest BCUT2D eigenvalue weighted by Gasteiger charge is -2.17. The zero-order chi connectivity index (χ0) is 18.6. The highest BCUT2D eigenvalue weighted by molar-refractivity contribution is 5.98. The van der Waals surface area contributed by atoms with Crippen molar-refractivity contribution in [3.63, 3.8) is 0 Å². The number of hydrogen-bond acceptors (Lipinski definition) is 3. The maximum Gasteiger partial charge on any atom is 0.254 e. The Morgan fingerprint density at radius 1 is 1.11 bits per heavy atom. The van der Waals surface area contributed by atoms with Gasteiger partial charge in [0.1, 0.15) is 5.75 Å². The SMILES string of the molecule is O=C(CCN1Cc2ccccc2C1=O)NC[C@@H]1CCOc2ccccc2C1. The average molecular weight is 364 g/mol. The lowest BCUT2D eigenvalue weighted by atomic mass is 9.97. The van der Waals surface area contributed by atoms with Crippen molar-refractivity contribution in [2.75, 3.05) is 19.7 Å². The van der Waals surface area contributed by atoms with E-state index in [9.17, 15) is 9.59 Å². The molecule has 27 heavy (non-hydrogen) atoms. The summed E-state index contributed by atoms with van der Waals surface area (Å²) in [5, 5.41) is 3.04. The van der Waals surface area contributed by atoms with Crippen molar-refractivity contribution in [3.05, 3.63) is 65.2 Å². The minimum absolute atomic E-state index is 0.00259. The third-order valence-electron chi connectivity index (χ3n) is 5.36. The van der Waals surface area contributed by atoms with Crippen LogP contribution in [0.2, 0.25) is 0 Å². The first-order valence-corrected chi connectivity index (χ1v) is 9.55. The van der Waals surface area contributed by atoms with Gasteiger partial charge >= 0.3 is 0 Å². The summed E-state index contributed by atoms with van der Waals surface area (Å²) in [5.74, 6) is 1.35. The Bertz CT molecular complexity index is 849. The highest BCUT2D eigenvalue weighted by Gasteiger charge is 2.27. The fourth-order valence-corrected chi connectivity index (χ4v) is 3.81. The number of carbonyl (C=O) groups excluding carboxylic acids is 2. The topological polar surface area (TPSA) is 58.6 Å². The predicted molar refractivity (Wildman–Crippen MR) is 103 cm³/mol. The molecule has 1 atom stereocenters. The van der Waals surface area contributed by atoms with E-state index in [0.717, 1.165) is 29.7 Å². The van der Waals surface area contributed by atoms with E-state index in [1.54, 1.807) is 4.90 Å². The van der Waals surface area contributed by atoms with E-state index in [2.05, 4.69) is 11.4 Å². The van der Waals surface area contributed by atoms with E-state index in [0.29, 0.717) is 38.6 Å². The monoisotopic (exact) mass is 364 g/mol. The molecule has 0 unspecified atom stereocenters. The fourth-order valence-electron chi connectivity index (χ4n) is 3.81. The van der Waals surface area contributed by atoms with Gasteiger partial charge in [0.2, 0.25) is 5.91 Å². The molecule has 0 aromatic heterocycles. The molecule has 2 aliphatic heterocycles. The highest BCUT2D eigenvalue weighted by atomic mass is 16.5. The Balaban J connectivity index is 1.24. The van der Waals surface area contributed by atoms with Crippen LogP contribution in [0.25, 0.3) is 0 Å². The molecule has 140 valence electrons. The quantitative estimate of drug-likeness (QED) is 0.888. The number of hydrogen-bond donors (Lipinski definition) is 1. The molecule has 0 aliphatic carbocycles. The van der Waals surface area contributed by atoms with Crippen LogP contribution in [0.1, 0.15) is 34.3 Å². The van der Waals surface area contributed by atoms with Crippen LogP contribution < -0.4 is 10.1 Å². The van der Waals surface area contributed by atoms with Crippen molar-refractivity contribution in [2.24, 2.45) is 5.92 Å². The number of carbonyl (C=O) groups is 2. The molecule has 5 heteroatoms. The van der Waals surface area contributed by atoms with Crippen molar-refractivity contribution >= 4 is 11.8 Å². The summed E-state index contributed by atoms with van der Waals surface area (Å²) in [6.07, 6.45) is 2.17. The van der Waals surface area contributed by atoms with Crippen molar-refractivity contribution < 1.29 is 14.3 Å². The summed E-state index contributed by atoms with van der Waals surface area (Å²) in [6, 6.07) is 15.7. The Labute approximate surface area is 159 Å². The molecule has 0 radical (unpaired) electrons. The summed E-state index contributed by atoms with van der Waals surface area (Å²) in [5.41, 5.74) is 3.00. The van der Waals surface area contributed by atoms with Crippen LogP contribution in [0.4, 0.5) is 0 Å². The van der Waals surface area contributed by atoms with Gasteiger partial charge in [-0.2, -0.15) is 0 Å². The number of rotatable bonds is 5. The molecule has 2 amide bonds. The lowest BCUT2D eigenvalue weighted by molar-refractivity contribution is -0.121. The zero-order valence-corrected chi connectivity index (χ0v) is 15.3. The maximum atomic E-state index is 12.3. The normalized spacial score (nSPS) is 18.3. The predicted octanol–water partition coefficient (Wildman–Crippen LogP) is 2.79. The number of amides is 2. The largest absolute Gasteiger partial charge is 0.493 e. The fraction of sp³-hybridized carbons (Fsp3) is 0.364.